The van der Waals surface area contributed by atoms with E-state index in [1.54, 1.807) is 0 Å². The zero-order chi connectivity index (χ0) is 18.7. The lowest BCUT2D eigenvalue weighted by Crippen LogP contribution is -2.21. The van der Waals surface area contributed by atoms with E-state index in [1.165, 1.54) is 18.2 Å². The molecule has 0 unspecified atom stereocenters. The van der Waals surface area contributed by atoms with E-state index in [0.717, 1.165) is 15.9 Å². The van der Waals surface area contributed by atoms with Crippen LogP contribution in [0.5, 0.6) is 0 Å². The van der Waals surface area contributed by atoms with Gasteiger partial charge in [-0.2, -0.15) is 4.80 Å². The molecule has 26 heavy (non-hydrogen) atoms. The lowest BCUT2D eigenvalue weighted by Gasteiger charge is -2.05. The first-order valence-corrected chi connectivity index (χ1v) is 7.89. The first kappa shape index (κ1) is 17.5. The van der Waals surface area contributed by atoms with Gasteiger partial charge in [0, 0.05) is 16.7 Å². The fourth-order valence-electron chi connectivity index (χ4n) is 2.21. The minimum atomic E-state index is -0.602. The number of hydrogen-bond donors (Lipinski definition) is 1. The van der Waals surface area contributed by atoms with Gasteiger partial charge in [0.2, 0.25) is 11.7 Å². The Morgan fingerprint density at radius 1 is 1.27 bits per heavy atom. The molecule has 0 bridgehead atoms. The standard InChI is InChI=1S/C16H13ClN6O3/c1-10-2-4-11(5-3-10)16-19-21-22(20-16)9-15(24)18-13-8-12(17)6-7-14(13)23(25)26/h2-8H,9H2,1H3,(H,18,24). The number of nitro groups is 1. The third kappa shape index (κ3) is 4.01. The molecule has 0 atom stereocenters. The number of anilines is 1. The Morgan fingerprint density at radius 3 is 2.69 bits per heavy atom. The number of benzene rings is 2. The summed E-state index contributed by atoms with van der Waals surface area (Å²) in [7, 11) is 0. The number of hydrogen-bond acceptors (Lipinski definition) is 6. The molecule has 0 spiro atoms. The molecular weight excluding hydrogens is 360 g/mol. The topological polar surface area (TPSA) is 116 Å². The Hall–Kier alpha value is -3.33. The van der Waals surface area contributed by atoms with E-state index in [4.69, 9.17) is 11.6 Å². The van der Waals surface area contributed by atoms with Crippen molar-refractivity contribution >= 4 is 28.9 Å². The zero-order valence-corrected chi connectivity index (χ0v) is 14.3. The van der Waals surface area contributed by atoms with Gasteiger partial charge >= 0.3 is 0 Å². The lowest BCUT2D eigenvalue weighted by molar-refractivity contribution is -0.383. The van der Waals surface area contributed by atoms with E-state index < -0.39 is 10.8 Å². The molecular formula is C16H13ClN6O3. The van der Waals surface area contributed by atoms with Gasteiger partial charge in [0.25, 0.3) is 5.69 Å². The number of nitrogens with one attached hydrogen (secondary N) is 1. The number of tetrazole rings is 1. The number of nitrogens with zero attached hydrogens (tertiary/aromatic N) is 5. The molecule has 0 saturated heterocycles. The molecule has 9 nitrogen and oxygen atoms in total. The summed E-state index contributed by atoms with van der Waals surface area (Å²) >= 11 is 5.83. The third-order valence-corrected chi connectivity index (χ3v) is 3.71. The molecule has 3 aromatic rings. The minimum absolute atomic E-state index is 0.00590. The highest BCUT2D eigenvalue weighted by Gasteiger charge is 2.17. The van der Waals surface area contributed by atoms with Crippen molar-refractivity contribution in [2.45, 2.75) is 13.5 Å². The SMILES string of the molecule is Cc1ccc(-c2nnn(CC(=O)Nc3cc(Cl)ccc3[N+](=O)[O-])n2)cc1. The fourth-order valence-corrected chi connectivity index (χ4v) is 2.39. The molecule has 1 amide bonds. The normalized spacial score (nSPS) is 10.5. The molecule has 0 saturated carbocycles. The predicted molar refractivity (Wildman–Crippen MR) is 94.7 cm³/mol. The molecule has 132 valence electrons. The second-order valence-corrected chi connectivity index (χ2v) is 5.91. The summed E-state index contributed by atoms with van der Waals surface area (Å²) in [5, 5.41) is 25.6. The van der Waals surface area contributed by atoms with Crippen LogP contribution in [0, 0.1) is 17.0 Å². The van der Waals surface area contributed by atoms with Crippen LogP contribution in [0.2, 0.25) is 5.02 Å². The molecule has 0 fully saturated rings. The summed E-state index contributed by atoms with van der Waals surface area (Å²) in [5.74, 6) is -0.158. The van der Waals surface area contributed by atoms with Crippen LogP contribution in [0.25, 0.3) is 11.4 Å². The van der Waals surface area contributed by atoms with Crippen LogP contribution in [0.1, 0.15) is 5.56 Å². The van der Waals surface area contributed by atoms with Gasteiger partial charge in [0.05, 0.1) is 4.92 Å². The number of rotatable bonds is 5. The van der Waals surface area contributed by atoms with Crippen LogP contribution in [0.3, 0.4) is 0 Å². The largest absolute Gasteiger partial charge is 0.319 e. The number of nitro benzene ring substituents is 1. The van der Waals surface area contributed by atoms with E-state index in [0.29, 0.717) is 5.82 Å². The average molecular weight is 373 g/mol. The number of amides is 1. The molecule has 1 heterocycles. The summed E-state index contributed by atoms with van der Waals surface area (Å²) in [6, 6.07) is 11.5. The van der Waals surface area contributed by atoms with Gasteiger partial charge in [-0.3, -0.25) is 14.9 Å². The summed E-state index contributed by atoms with van der Waals surface area (Å²) in [6.45, 7) is 1.72. The van der Waals surface area contributed by atoms with Gasteiger partial charge in [-0.15, -0.1) is 10.2 Å². The molecule has 1 N–H and O–H groups in total. The molecule has 3 rings (SSSR count). The van der Waals surface area contributed by atoms with Gasteiger partial charge in [-0.1, -0.05) is 41.4 Å². The highest BCUT2D eigenvalue weighted by atomic mass is 35.5. The highest BCUT2D eigenvalue weighted by molar-refractivity contribution is 6.31. The van der Waals surface area contributed by atoms with Gasteiger partial charge < -0.3 is 5.32 Å². The van der Waals surface area contributed by atoms with Crippen LogP contribution in [-0.2, 0) is 11.3 Å². The molecule has 0 aliphatic rings. The maximum Gasteiger partial charge on any atom is 0.292 e. The number of halogens is 1. The van der Waals surface area contributed by atoms with Crippen LogP contribution in [0.15, 0.2) is 42.5 Å². The van der Waals surface area contributed by atoms with Crippen molar-refractivity contribution < 1.29 is 9.72 Å². The van der Waals surface area contributed by atoms with Crippen molar-refractivity contribution in [2.24, 2.45) is 0 Å². The fraction of sp³-hybridized carbons (Fsp3) is 0.125. The van der Waals surface area contributed by atoms with E-state index in [-0.39, 0.29) is 22.9 Å². The molecule has 0 radical (unpaired) electrons. The molecule has 1 aromatic heterocycles. The van der Waals surface area contributed by atoms with Crippen LogP contribution in [-0.4, -0.2) is 31.0 Å². The maximum absolute atomic E-state index is 12.2. The summed E-state index contributed by atoms with van der Waals surface area (Å²) in [4.78, 5) is 23.7. The highest BCUT2D eigenvalue weighted by Crippen LogP contribution is 2.27. The van der Waals surface area contributed by atoms with Crippen molar-refractivity contribution in [2.75, 3.05) is 5.32 Å². The quantitative estimate of drug-likeness (QED) is 0.543. The number of carbonyl (C=O) groups is 1. The maximum atomic E-state index is 12.2. The Bertz CT molecular complexity index is 970. The van der Waals surface area contributed by atoms with E-state index in [9.17, 15) is 14.9 Å². The van der Waals surface area contributed by atoms with E-state index in [1.807, 2.05) is 31.2 Å². The monoisotopic (exact) mass is 372 g/mol. The Balaban J connectivity index is 1.72. The minimum Gasteiger partial charge on any atom is -0.319 e. The molecule has 0 aliphatic carbocycles. The number of aryl methyl sites for hydroxylation is 1. The van der Waals surface area contributed by atoms with Gasteiger partial charge in [0.1, 0.15) is 12.2 Å². The first-order chi connectivity index (χ1) is 12.4. The van der Waals surface area contributed by atoms with Gasteiger partial charge in [0.15, 0.2) is 0 Å². The predicted octanol–water partition coefficient (Wildman–Crippen LogP) is 2.85. The number of carbonyl (C=O) groups excluding carboxylic acids is 1. The second-order valence-electron chi connectivity index (χ2n) is 5.48. The van der Waals surface area contributed by atoms with Crippen LogP contribution in [0.4, 0.5) is 11.4 Å². The Kier molecular flexibility index (Phi) is 4.90. The second kappa shape index (κ2) is 7.28. The van der Waals surface area contributed by atoms with Crippen molar-refractivity contribution in [1.29, 1.82) is 0 Å². The number of aromatic nitrogens is 4. The van der Waals surface area contributed by atoms with Crippen molar-refractivity contribution in [3.8, 4) is 11.4 Å². The summed E-state index contributed by atoms with van der Waals surface area (Å²) in [6.07, 6.45) is 0. The average Bonchev–Trinajstić information content (AvgIpc) is 3.03. The zero-order valence-electron chi connectivity index (χ0n) is 13.6. The van der Waals surface area contributed by atoms with Crippen LogP contribution >= 0.6 is 11.6 Å². The van der Waals surface area contributed by atoms with E-state index >= 15 is 0 Å². The van der Waals surface area contributed by atoms with Crippen molar-refractivity contribution in [3.63, 3.8) is 0 Å². The van der Waals surface area contributed by atoms with E-state index in [2.05, 4.69) is 20.7 Å². The Labute approximate surface area is 152 Å². The summed E-state index contributed by atoms with van der Waals surface area (Å²) < 4.78 is 0. The van der Waals surface area contributed by atoms with Crippen LogP contribution < -0.4 is 5.32 Å². The summed E-state index contributed by atoms with van der Waals surface area (Å²) in [5.41, 5.74) is 1.62. The third-order valence-electron chi connectivity index (χ3n) is 3.48. The van der Waals surface area contributed by atoms with Gasteiger partial charge in [-0.05, 0) is 24.3 Å². The van der Waals surface area contributed by atoms with Crippen molar-refractivity contribution in [3.05, 3.63) is 63.2 Å². The molecule has 10 heteroatoms. The van der Waals surface area contributed by atoms with Gasteiger partial charge in [-0.25, -0.2) is 0 Å². The van der Waals surface area contributed by atoms with Crippen molar-refractivity contribution in [1.82, 2.24) is 20.2 Å². The lowest BCUT2D eigenvalue weighted by atomic mass is 10.1. The molecule has 2 aromatic carbocycles. The Morgan fingerprint density at radius 2 is 2.00 bits per heavy atom. The molecule has 0 aliphatic heterocycles. The first-order valence-electron chi connectivity index (χ1n) is 7.51. The smallest absolute Gasteiger partial charge is 0.292 e.